The van der Waals surface area contributed by atoms with Gasteiger partial charge in [-0.1, -0.05) is 71.9 Å². The third-order valence-electron chi connectivity index (χ3n) is 6.33. The van der Waals surface area contributed by atoms with Crippen molar-refractivity contribution in [2.24, 2.45) is 23.5 Å². The smallest absolute Gasteiger partial charge is 0.246 e. The molecule has 0 saturated heterocycles. The van der Waals surface area contributed by atoms with Crippen LogP contribution in [-0.2, 0) is 25.6 Å². The molecule has 0 saturated carbocycles. The van der Waals surface area contributed by atoms with E-state index in [1.54, 1.807) is 41.5 Å². The topological polar surface area (TPSA) is 163 Å². The number of carbonyl (C=O) groups is 4. The minimum atomic E-state index is -1.66. The second-order valence-electron chi connectivity index (χ2n) is 11.4. The van der Waals surface area contributed by atoms with Gasteiger partial charge >= 0.3 is 0 Å². The average molecular weight is 534 g/mol. The predicted molar refractivity (Wildman–Crippen MR) is 148 cm³/mol. The molecule has 0 heterocycles. The molecule has 0 unspecified atom stereocenters. The van der Waals surface area contributed by atoms with Crippen molar-refractivity contribution in [3.8, 4) is 0 Å². The highest BCUT2D eigenvalue weighted by molar-refractivity contribution is 5.95. The van der Waals surface area contributed by atoms with Crippen LogP contribution in [0.1, 0.15) is 61.0 Å². The molecule has 38 heavy (non-hydrogen) atoms. The second kappa shape index (κ2) is 14.8. The molecule has 4 amide bonds. The lowest BCUT2D eigenvalue weighted by Gasteiger charge is -2.33. The average Bonchev–Trinajstić information content (AvgIpc) is 2.82. The van der Waals surface area contributed by atoms with Crippen LogP contribution in [0, 0.1) is 17.8 Å². The van der Waals surface area contributed by atoms with Gasteiger partial charge in [-0.05, 0) is 43.6 Å². The van der Waals surface area contributed by atoms with E-state index in [1.165, 1.54) is 13.8 Å². The summed E-state index contributed by atoms with van der Waals surface area (Å²) in [7, 11) is 0. The standard InChI is InChI=1S/C28H47N5O5/c1-16(2)20(29)24(34)31-22(18(5)6)26(36)33-23(28(7,8)38)27(37)32-21(17(3)4)25(35)30-15-14-19-12-10-9-11-13-19/h9-13,16-18,20-23,38H,14-15,29H2,1-8H3,(H,30,35)(H,31,34)(H,32,37)(H,33,36)/t20-,21-,22-,23+/m0/s1. The van der Waals surface area contributed by atoms with Crippen molar-refractivity contribution in [1.29, 1.82) is 0 Å². The van der Waals surface area contributed by atoms with Gasteiger partial charge in [-0.2, -0.15) is 0 Å². The largest absolute Gasteiger partial charge is 0.388 e. The molecule has 0 bridgehead atoms. The molecule has 0 spiro atoms. The highest BCUT2D eigenvalue weighted by atomic mass is 16.3. The van der Waals surface area contributed by atoms with Crippen molar-refractivity contribution in [3.05, 3.63) is 35.9 Å². The fraction of sp³-hybridized carbons (Fsp3) is 0.643. The van der Waals surface area contributed by atoms with Gasteiger partial charge in [0.05, 0.1) is 11.6 Å². The Morgan fingerprint density at radius 1 is 0.763 bits per heavy atom. The Hall–Kier alpha value is -2.98. The Morgan fingerprint density at radius 2 is 1.26 bits per heavy atom. The van der Waals surface area contributed by atoms with Crippen LogP contribution < -0.4 is 27.0 Å². The third-order valence-corrected chi connectivity index (χ3v) is 6.33. The molecule has 0 aliphatic rings. The Morgan fingerprint density at radius 3 is 1.74 bits per heavy atom. The maximum absolute atomic E-state index is 13.3. The second-order valence-corrected chi connectivity index (χ2v) is 11.4. The van der Waals surface area contributed by atoms with Crippen molar-refractivity contribution in [3.63, 3.8) is 0 Å². The van der Waals surface area contributed by atoms with Gasteiger partial charge in [0.15, 0.2) is 0 Å². The van der Waals surface area contributed by atoms with E-state index in [9.17, 15) is 24.3 Å². The third kappa shape index (κ3) is 10.4. The predicted octanol–water partition coefficient (Wildman–Crippen LogP) is 0.866. The van der Waals surface area contributed by atoms with E-state index in [4.69, 9.17) is 5.73 Å². The fourth-order valence-corrected chi connectivity index (χ4v) is 3.74. The number of aliphatic hydroxyl groups is 1. The molecule has 1 rings (SSSR count). The molecule has 10 nitrogen and oxygen atoms in total. The number of rotatable bonds is 14. The quantitative estimate of drug-likeness (QED) is 0.208. The lowest BCUT2D eigenvalue weighted by molar-refractivity contribution is -0.139. The van der Waals surface area contributed by atoms with E-state index in [1.807, 2.05) is 30.3 Å². The zero-order chi connectivity index (χ0) is 29.2. The number of carbonyl (C=O) groups excluding carboxylic acids is 4. The minimum Gasteiger partial charge on any atom is -0.388 e. The maximum Gasteiger partial charge on any atom is 0.246 e. The molecule has 214 valence electrons. The Kier molecular flexibility index (Phi) is 12.9. The van der Waals surface area contributed by atoms with Gasteiger partial charge in [-0.3, -0.25) is 19.2 Å². The van der Waals surface area contributed by atoms with Gasteiger partial charge in [-0.25, -0.2) is 0 Å². The summed E-state index contributed by atoms with van der Waals surface area (Å²) in [6.45, 7) is 13.8. The summed E-state index contributed by atoms with van der Waals surface area (Å²) in [5.74, 6) is -2.90. The van der Waals surface area contributed by atoms with Gasteiger partial charge in [-0.15, -0.1) is 0 Å². The molecule has 1 aromatic carbocycles. The van der Waals surface area contributed by atoms with Crippen LogP contribution in [0.15, 0.2) is 30.3 Å². The summed E-state index contributed by atoms with van der Waals surface area (Å²) < 4.78 is 0. The normalized spacial score (nSPS) is 15.0. The maximum atomic E-state index is 13.3. The van der Waals surface area contributed by atoms with Gasteiger partial charge in [0.25, 0.3) is 0 Å². The molecular weight excluding hydrogens is 486 g/mol. The van der Waals surface area contributed by atoms with E-state index >= 15 is 0 Å². The van der Waals surface area contributed by atoms with E-state index in [2.05, 4.69) is 21.3 Å². The lowest BCUT2D eigenvalue weighted by Crippen LogP contribution is -2.64. The van der Waals surface area contributed by atoms with Gasteiger partial charge < -0.3 is 32.1 Å². The van der Waals surface area contributed by atoms with E-state index in [-0.39, 0.29) is 23.7 Å². The summed E-state index contributed by atoms with van der Waals surface area (Å²) in [4.78, 5) is 51.9. The van der Waals surface area contributed by atoms with Crippen LogP contribution in [0.25, 0.3) is 0 Å². The monoisotopic (exact) mass is 533 g/mol. The van der Waals surface area contributed by atoms with Crippen LogP contribution in [0.2, 0.25) is 0 Å². The van der Waals surface area contributed by atoms with E-state index in [0.29, 0.717) is 13.0 Å². The van der Waals surface area contributed by atoms with E-state index < -0.39 is 47.5 Å². The molecule has 0 aliphatic carbocycles. The molecule has 0 aliphatic heterocycles. The summed E-state index contributed by atoms with van der Waals surface area (Å²) >= 11 is 0. The number of nitrogens with two attached hydrogens (primary N) is 1. The van der Waals surface area contributed by atoms with Crippen LogP contribution in [0.5, 0.6) is 0 Å². The first kappa shape index (κ1) is 33.0. The number of amides is 4. The molecule has 0 fully saturated rings. The summed E-state index contributed by atoms with van der Waals surface area (Å²) in [5, 5.41) is 21.5. The number of hydrogen-bond acceptors (Lipinski definition) is 6. The Bertz CT molecular complexity index is 927. The molecule has 7 N–H and O–H groups in total. The lowest BCUT2D eigenvalue weighted by atomic mass is 9.94. The molecule has 10 heteroatoms. The highest BCUT2D eigenvalue weighted by Gasteiger charge is 2.39. The van der Waals surface area contributed by atoms with Crippen LogP contribution in [-0.4, -0.2) is 65.0 Å². The van der Waals surface area contributed by atoms with E-state index in [0.717, 1.165) is 5.56 Å². The van der Waals surface area contributed by atoms with Gasteiger partial charge in [0.1, 0.15) is 18.1 Å². The first-order chi connectivity index (χ1) is 17.6. The number of nitrogens with one attached hydrogen (secondary N) is 4. The SMILES string of the molecule is CC(C)[C@H](N)C(=O)N[C@H](C(=O)N[C@H](C(=O)N[C@H](C(=O)NCCc1ccccc1)C(C)C)C(C)(C)O)C(C)C. The first-order valence-corrected chi connectivity index (χ1v) is 13.3. The van der Waals surface area contributed by atoms with Crippen LogP contribution >= 0.6 is 0 Å². The minimum absolute atomic E-state index is 0.132. The molecule has 4 atom stereocenters. The Labute approximate surface area is 226 Å². The number of benzene rings is 1. The van der Waals surface area contributed by atoms with Crippen LogP contribution in [0.4, 0.5) is 0 Å². The summed E-state index contributed by atoms with van der Waals surface area (Å²) in [6, 6.07) is 5.65. The Balaban J connectivity index is 2.95. The summed E-state index contributed by atoms with van der Waals surface area (Å²) in [5.41, 5.74) is 5.33. The van der Waals surface area contributed by atoms with Crippen molar-refractivity contribution >= 4 is 23.6 Å². The van der Waals surface area contributed by atoms with Gasteiger partial charge in [0, 0.05) is 6.54 Å². The van der Waals surface area contributed by atoms with Crippen LogP contribution in [0.3, 0.4) is 0 Å². The number of hydrogen-bond donors (Lipinski definition) is 6. The molecule has 1 aromatic rings. The summed E-state index contributed by atoms with van der Waals surface area (Å²) in [6.07, 6.45) is 0.635. The van der Waals surface area contributed by atoms with Gasteiger partial charge in [0.2, 0.25) is 23.6 Å². The molecule has 0 radical (unpaired) electrons. The van der Waals surface area contributed by atoms with Crippen molar-refractivity contribution in [1.82, 2.24) is 21.3 Å². The molecule has 0 aromatic heterocycles. The molecular formula is C28H47N5O5. The van der Waals surface area contributed by atoms with Crippen molar-refractivity contribution in [2.45, 2.75) is 91.6 Å². The zero-order valence-corrected chi connectivity index (χ0v) is 24.0. The fourth-order valence-electron chi connectivity index (χ4n) is 3.74. The zero-order valence-electron chi connectivity index (χ0n) is 24.0. The van der Waals surface area contributed by atoms with Crippen molar-refractivity contribution in [2.75, 3.05) is 6.54 Å². The highest BCUT2D eigenvalue weighted by Crippen LogP contribution is 2.13. The van der Waals surface area contributed by atoms with Crippen molar-refractivity contribution < 1.29 is 24.3 Å². The first-order valence-electron chi connectivity index (χ1n) is 13.3.